The van der Waals surface area contributed by atoms with Gasteiger partial charge in [0.1, 0.15) is 5.82 Å². The van der Waals surface area contributed by atoms with Gasteiger partial charge in [-0.1, -0.05) is 12.1 Å². The molecule has 3 aromatic rings. The molecule has 2 N–H and O–H groups in total. The summed E-state index contributed by atoms with van der Waals surface area (Å²) in [6, 6.07) is 6.64. The average molecular weight is 389 g/mol. The summed E-state index contributed by atoms with van der Waals surface area (Å²) in [5, 5.41) is 2.42. The van der Waals surface area contributed by atoms with E-state index in [9.17, 15) is 22.8 Å². The third kappa shape index (κ3) is 3.58. The van der Waals surface area contributed by atoms with Crippen molar-refractivity contribution in [1.82, 2.24) is 9.88 Å². The molecule has 0 spiro atoms. The number of amides is 2. The zero-order chi connectivity index (χ0) is 20.4. The Morgan fingerprint density at radius 3 is 2.64 bits per heavy atom. The molecule has 8 heteroatoms. The van der Waals surface area contributed by atoms with Gasteiger partial charge in [-0.25, -0.2) is 18.0 Å². The first-order valence-corrected chi connectivity index (χ1v) is 8.66. The molecule has 0 aliphatic heterocycles. The second kappa shape index (κ2) is 7.75. The van der Waals surface area contributed by atoms with Crippen LogP contribution in [0.5, 0.6) is 0 Å². The minimum atomic E-state index is -1.24. The van der Waals surface area contributed by atoms with E-state index in [-0.39, 0.29) is 17.6 Å². The maximum absolute atomic E-state index is 14.1. The van der Waals surface area contributed by atoms with Crippen molar-refractivity contribution in [2.24, 2.45) is 0 Å². The normalized spacial score (nSPS) is 12.0. The molecule has 1 unspecified atom stereocenters. The number of fused-ring (bicyclic) bond motifs is 1. The number of carbonyl (C=O) groups is 1. The van der Waals surface area contributed by atoms with Crippen molar-refractivity contribution in [2.75, 3.05) is 11.9 Å². The van der Waals surface area contributed by atoms with Crippen molar-refractivity contribution >= 4 is 22.5 Å². The molecule has 0 aliphatic carbocycles. The first kappa shape index (κ1) is 19.5. The number of benzene rings is 2. The number of urea groups is 1. The molecule has 0 saturated carbocycles. The van der Waals surface area contributed by atoms with Crippen LogP contribution >= 0.6 is 0 Å². The molecule has 1 aromatic heterocycles. The highest BCUT2D eigenvalue weighted by Gasteiger charge is 2.24. The molecule has 28 heavy (non-hydrogen) atoms. The molecule has 0 aliphatic rings. The Morgan fingerprint density at radius 2 is 1.96 bits per heavy atom. The van der Waals surface area contributed by atoms with Crippen molar-refractivity contribution < 1.29 is 18.0 Å². The molecule has 3 rings (SSSR count). The molecule has 5 nitrogen and oxygen atoms in total. The molecule has 1 atom stereocenters. The zero-order valence-electron chi connectivity index (χ0n) is 15.2. The van der Waals surface area contributed by atoms with Crippen LogP contribution in [-0.4, -0.2) is 22.5 Å². The van der Waals surface area contributed by atoms with E-state index in [0.29, 0.717) is 5.56 Å². The third-order valence-electron chi connectivity index (χ3n) is 4.59. The van der Waals surface area contributed by atoms with Gasteiger partial charge in [0, 0.05) is 18.4 Å². The number of pyridine rings is 1. The summed E-state index contributed by atoms with van der Waals surface area (Å²) in [6.07, 6.45) is 1.38. The molecule has 146 valence electrons. The van der Waals surface area contributed by atoms with Gasteiger partial charge >= 0.3 is 6.03 Å². The smallest absolute Gasteiger partial charge is 0.322 e. The van der Waals surface area contributed by atoms with Gasteiger partial charge in [0.05, 0.1) is 11.4 Å². The van der Waals surface area contributed by atoms with Gasteiger partial charge in [-0.15, -0.1) is 0 Å². The molecule has 1 heterocycles. The van der Waals surface area contributed by atoms with Gasteiger partial charge in [-0.2, -0.15) is 0 Å². The van der Waals surface area contributed by atoms with Crippen molar-refractivity contribution in [2.45, 2.75) is 19.9 Å². The first-order chi connectivity index (χ1) is 13.3. The van der Waals surface area contributed by atoms with Crippen LogP contribution in [0.4, 0.5) is 23.7 Å². The van der Waals surface area contributed by atoms with E-state index in [1.165, 1.54) is 35.4 Å². The lowest BCUT2D eigenvalue weighted by Crippen LogP contribution is -2.37. The Labute approximate surface area is 158 Å². The number of rotatable bonds is 4. The van der Waals surface area contributed by atoms with Gasteiger partial charge in [0.15, 0.2) is 11.6 Å². The topological polar surface area (TPSA) is 65.2 Å². The predicted molar refractivity (Wildman–Crippen MR) is 101 cm³/mol. The highest BCUT2D eigenvalue weighted by atomic mass is 19.2. The lowest BCUT2D eigenvalue weighted by atomic mass is 10.0. The fourth-order valence-corrected chi connectivity index (χ4v) is 3.17. The SMILES string of the molecule is CCN(C(=O)Nc1cccc(F)c1)C(C)c1c[nH]c(=O)c2c(F)c(F)ccc12. The summed E-state index contributed by atoms with van der Waals surface area (Å²) in [6.45, 7) is 3.73. The maximum atomic E-state index is 14.1. The van der Waals surface area contributed by atoms with Crippen LogP contribution in [0, 0.1) is 17.5 Å². The summed E-state index contributed by atoms with van der Waals surface area (Å²) in [7, 11) is 0. The minimum Gasteiger partial charge on any atom is -0.328 e. The number of hydrogen-bond donors (Lipinski definition) is 2. The Bertz CT molecular complexity index is 1100. The number of carbonyl (C=O) groups excluding carboxylic acids is 1. The molecule has 0 fully saturated rings. The quantitative estimate of drug-likeness (QED) is 0.687. The van der Waals surface area contributed by atoms with Crippen LogP contribution < -0.4 is 10.9 Å². The zero-order valence-corrected chi connectivity index (χ0v) is 15.2. The predicted octanol–water partition coefficient (Wildman–Crippen LogP) is 4.56. The average Bonchev–Trinajstić information content (AvgIpc) is 2.65. The second-order valence-electron chi connectivity index (χ2n) is 6.26. The van der Waals surface area contributed by atoms with E-state index in [2.05, 4.69) is 10.3 Å². The van der Waals surface area contributed by atoms with Crippen LogP contribution in [-0.2, 0) is 0 Å². The summed E-state index contributed by atoms with van der Waals surface area (Å²) >= 11 is 0. The van der Waals surface area contributed by atoms with E-state index in [1.54, 1.807) is 19.9 Å². The Hall–Kier alpha value is -3.29. The van der Waals surface area contributed by atoms with Crippen molar-refractivity contribution in [3.63, 3.8) is 0 Å². The number of hydrogen-bond acceptors (Lipinski definition) is 2. The molecule has 0 radical (unpaired) electrons. The van der Waals surface area contributed by atoms with E-state index >= 15 is 0 Å². The molecule has 0 saturated heterocycles. The van der Waals surface area contributed by atoms with Gasteiger partial charge in [-0.05, 0) is 49.1 Å². The van der Waals surface area contributed by atoms with Crippen molar-refractivity contribution in [3.8, 4) is 0 Å². The number of nitrogens with zero attached hydrogens (tertiary/aromatic N) is 1. The monoisotopic (exact) mass is 389 g/mol. The van der Waals surface area contributed by atoms with Crippen molar-refractivity contribution in [3.05, 3.63) is 76.0 Å². The van der Waals surface area contributed by atoms with Gasteiger partial charge in [0.2, 0.25) is 0 Å². The first-order valence-electron chi connectivity index (χ1n) is 8.66. The maximum Gasteiger partial charge on any atom is 0.322 e. The third-order valence-corrected chi connectivity index (χ3v) is 4.59. The second-order valence-corrected chi connectivity index (χ2v) is 6.26. The number of aromatic amines is 1. The molecular weight excluding hydrogens is 371 g/mol. The Balaban J connectivity index is 1.98. The summed E-state index contributed by atoms with van der Waals surface area (Å²) in [4.78, 5) is 28.5. The lowest BCUT2D eigenvalue weighted by Gasteiger charge is -2.29. The minimum absolute atomic E-state index is 0.215. The number of nitrogens with one attached hydrogen (secondary N) is 2. The fraction of sp³-hybridized carbons (Fsp3) is 0.200. The molecule has 2 amide bonds. The van der Waals surface area contributed by atoms with Crippen molar-refractivity contribution in [1.29, 1.82) is 0 Å². The number of halogens is 3. The van der Waals surface area contributed by atoms with Crippen LogP contribution in [0.25, 0.3) is 10.8 Å². The van der Waals surface area contributed by atoms with E-state index in [0.717, 1.165) is 6.07 Å². The molecule has 2 aromatic carbocycles. The van der Waals surface area contributed by atoms with Crippen LogP contribution in [0.2, 0.25) is 0 Å². The van der Waals surface area contributed by atoms with Gasteiger partial charge < -0.3 is 15.2 Å². The highest BCUT2D eigenvalue weighted by molar-refractivity contribution is 5.91. The number of H-pyrrole nitrogens is 1. The fourth-order valence-electron chi connectivity index (χ4n) is 3.17. The van der Waals surface area contributed by atoms with Crippen LogP contribution in [0.1, 0.15) is 25.5 Å². The summed E-state index contributed by atoms with van der Waals surface area (Å²) in [5.41, 5.74) is -0.0185. The standard InChI is InChI=1S/C20H18F3N3O2/c1-3-26(20(28)25-13-6-4-5-12(21)9-13)11(2)15-10-24-19(27)17-14(15)7-8-16(22)18(17)23/h4-11H,3H2,1-2H3,(H,24,27)(H,25,28). The van der Waals surface area contributed by atoms with E-state index < -0.39 is 40.5 Å². The molecular formula is C20H18F3N3O2. The Kier molecular flexibility index (Phi) is 5.39. The lowest BCUT2D eigenvalue weighted by molar-refractivity contribution is 0.197. The van der Waals surface area contributed by atoms with Gasteiger partial charge in [0.25, 0.3) is 5.56 Å². The van der Waals surface area contributed by atoms with E-state index in [1.807, 2.05) is 0 Å². The van der Waals surface area contributed by atoms with Gasteiger partial charge in [-0.3, -0.25) is 4.79 Å². The summed E-state index contributed by atoms with van der Waals surface area (Å²) < 4.78 is 41.0. The van der Waals surface area contributed by atoms with Crippen LogP contribution in [0.15, 0.2) is 47.4 Å². The number of anilines is 1. The van der Waals surface area contributed by atoms with Crippen LogP contribution in [0.3, 0.4) is 0 Å². The highest BCUT2D eigenvalue weighted by Crippen LogP contribution is 2.28. The Morgan fingerprint density at radius 1 is 1.21 bits per heavy atom. The number of aromatic nitrogens is 1. The van der Waals surface area contributed by atoms with E-state index in [4.69, 9.17) is 0 Å². The molecule has 0 bridgehead atoms. The largest absolute Gasteiger partial charge is 0.328 e. The summed E-state index contributed by atoms with van der Waals surface area (Å²) in [5.74, 6) is -2.85.